The molecule has 1 aromatic rings. The molecule has 0 aromatic heterocycles. The molecule has 0 radical (unpaired) electrons. The van der Waals surface area contributed by atoms with Gasteiger partial charge in [-0.2, -0.15) is 0 Å². The number of amides is 2. The summed E-state index contributed by atoms with van der Waals surface area (Å²) in [4.78, 5) is 37.7. The van der Waals surface area contributed by atoms with Crippen molar-refractivity contribution in [3.8, 4) is 0 Å². The van der Waals surface area contributed by atoms with Crippen LogP contribution in [-0.2, 0) is 14.4 Å². The molecule has 7 atom stereocenters. The Hall–Kier alpha value is -2.11. The first-order valence-corrected chi connectivity index (χ1v) is 12.0. The number of aliphatic hydroxyl groups is 1. The molecule has 0 saturated carbocycles. The van der Waals surface area contributed by atoms with E-state index in [9.17, 15) is 24.6 Å². The quantitative estimate of drug-likeness (QED) is 0.327. The molecule has 2 amide bonds. The predicted molar refractivity (Wildman–Crippen MR) is 131 cm³/mol. The molecule has 9 nitrogen and oxygen atoms in total. The predicted octanol–water partition coefficient (Wildman–Crippen LogP) is 1.27. The summed E-state index contributed by atoms with van der Waals surface area (Å²) in [6.07, 6.45) is 0.0890. The van der Waals surface area contributed by atoms with Crippen LogP contribution < -0.4 is 16.8 Å². The van der Waals surface area contributed by atoms with Crippen molar-refractivity contribution in [2.45, 2.75) is 56.2 Å². The maximum atomic E-state index is 12.5. The van der Waals surface area contributed by atoms with Crippen LogP contribution in [0.4, 0.5) is 0 Å². The number of halogens is 1. The van der Waals surface area contributed by atoms with E-state index in [1.165, 1.54) is 16.7 Å². The molecule has 3 aliphatic rings. The van der Waals surface area contributed by atoms with Crippen LogP contribution in [-0.4, -0.2) is 56.8 Å². The maximum absolute atomic E-state index is 12.5. The van der Waals surface area contributed by atoms with Gasteiger partial charge in [-0.1, -0.05) is 31.2 Å². The summed E-state index contributed by atoms with van der Waals surface area (Å²) in [5.74, 6) is -2.54. The van der Waals surface area contributed by atoms with E-state index in [4.69, 9.17) is 11.5 Å². The molecule has 4 rings (SSSR count). The minimum absolute atomic E-state index is 0. The van der Waals surface area contributed by atoms with Gasteiger partial charge in [-0.25, -0.2) is 4.79 Å². The van der Waals surface area contributed by atoms with Gasteiger partial charge in [0.05, 0.1) is 18.1 Å². The zero-order valence-electron chi connectivity index (χ0n) is 19.0. The number of hydrogen-bond donors (Lipinski definition) is 5. The number of aliphatic hydroxyl groups excluding tert-OH is 1. The Morgan fingerprint density at radius 3 is 2.50 bits per heavy atom. The van der Waals surface area contributed by atoms with Gasteiger partial charge in [0, 0.05) is 41.1 Å². The number of rotatable bonds is 8. The van der Waals surface area contributed by atoms with Crippen molar-refractivity contribution >= 4 is 42.0 Å². The first-order chi connectivity index (χ1) is 15.6. The van der Waals surface area contributed by atoms with Crippen molar-refractivity contribution in [2.75, 3.05) is 6.54 Å². The largest absolute Gasteiger partial charge is 0.477 e. The SMILES string of the molecule is C[C@@H](O)[C@H]1C(=O)N2C(C(=O)O)=C(S[C@@H]3CN[C@@H](c4ccc([C@@H](N)CC(N)=O)cc4)C3)[C@H](C)[C@H]12.Cl. The maximum Gasteiger partial charge on any atom is 0.353 e. The third-order valence-corrected chi connectivity index (χ3v) is 8.39. The molecular formula is C23H31ClN4O5S. The number of nitrogens with one attached hydrogen (secondary N) is 1. The number of hydrogen-bond acceptors (Lipinski definition) is 7. The smallest absolute Gasteiger partial charge is 0.353 e. The van der Waals surface area contributed by atoms with E-state index in [1.807, 2.05) is 31.2 Å². The highest BCUT2D eigenvalue weighted by atomic mass is 35.5. The normalized spacial score (nSPS) is 29.8. The van der Waals surface area contributed by atoms with Gasteiger partial charge in [-0.3, -0.25) is 9.59 Å². The van der Waals surface area contributed by atoms with Crippen LogP contribution in [0.25, 0.3) is 0 Å². The van der Waals surface area contributed by atoms with E-state index in [1.54, 1.807) is 6.92 Å². The summed E-state index contributed by atoms with van der Waals surface area (Å²) in [6, 6.07) is 7.16. The molecule has 186 valence electrons. The molecule has 2 saturated heterocycles. The highest BCUT2D eigenvalue weighted by Crippen LogP contribution is 2.52. The topological polar surface area (TPSA) is 159 Å². The van der Waals surface area contributed by atoms with E-state index in [-0.39, 0.29) is 53.7 Å². The van der Waals surface area contributed by atoms with Gasteiger partial charge in [0.15, 0.2) is 0 Å². The Bertz CT molecular complexity index is 1000. The van der Waals surface area contributed by atoms with E-state index < -0.39 is 29.9 Å². The molecule has 3 heterocycles. The molecule has 0 aliphatic carbocycles. The number of carboxylic acids is 1. The fraction of sp³-hybridized carbons (Fsp3) is 0.522. The Balaban J connectivity index is 0.00000324. The van der Waals surface area contributed by atoms with Crippen molar-refractivity contribution < 1.29 is 24.6 Å². The van der Waals surface area contributed by atoms with E-state index in [2.05, 4.69) is 5.32 Å². The number of primary amides is 1. The first-order valence-electron chi connectivity index (χ1n) is 11.1. The molecule has 7 N–H and O–H groups in total. The van der Waals surface area contributed by atoms with Crippen molar-refractivity contribution in [3.05, 3.63) is 46.0 Å². The Kier molecular flexibility index (Phi) is 7.99. The van der Waals surface area contributed by atoms with Gasteiger partial charge in [0.25, 0.3) is 0 Å². The minimum Gasteiger partial charge on any atom is -0.477 e. The molecule has 2 fully saturated rings. The van der Waals surface area contributed by atoms with Crippen molar-refractivity contribution in [1.82, 2.24) is 10.2 Å². The van der Waals surface area contributed by atoms with Gasteiger partial charge in [-0.05, 0) is 24.5 Å². The lowest BCUT2D eigenvalue weighted by molar-refractivity contribution is -0.163. The molecule has 3 aliphatic heterocycles. The summed E-state index contributed by atoms with van der Waals surface area (Å²) in [5, 5.41) is 23.5. The van der Waals surface area contributed by atoms with Crippen LogP contribution in [0.5, 0.6) is 0 Å². The van der Waals surface area contributed by atoms with Crippen LogP contribution >= 0.6 is 24.2 Å². The van der Waals surface area contributed by atoms with Crippen molar-refractivity contribution in [2.24, 2.45) is 23.3 Å². The monoisotopic (exact) mass is 510 g/mol. The summed E-state index contributed by atoms with van der Waals surface area (Å²) >= 11 is 1.53. The zero-order valence-corrected chi connectivity index (χ0v) is 20.6. The first kappa shape index (κ1) is 26.5. The van der Waals surface area contributed by atoms with Gasteiger partial charge in [-0.15, -0.1) is 24.2 Å². The summed E-state index contributed by atoms with van der Waals surface area (Å²) in [6.45, 7) is 4.22. The van der Waals surface area contributed by atoms with E-state index >= 15 is 0 Å². The van der Waals surface area contributed by atoms with Crippen LogP contribution in [0.1, 0.15) is 49.9 Å². The number of nitrogens with zero attached hydrogens (tertiary/aromatic N) is 1. The van der Waals surface area contributed by atoms with Crippen molar-refractivity contribution in [3.63, 3.8) is 0 Å². The second-order valence-electron chi connectivity index (χ2n) is 9.15. The Morgan fingerprint density at radius 2 is 1.94 bits per heavy atom. The molecule has 1 aromatic carbocycles. The lowest BCUT2D eigenvalue weighted by atomic mass is 9.79. The van der Waals surface area contributed by atoms with Crippen molar-refractivity contribution in [1.29, 1.82) is 0 Å². The Morgan fingerprint density at radius 1 is 1.29 bits per heavy atom. The summed E-state index contributed by atoms with van der Waals surface area (Å²) < 4.78 is 0. The number of fused-ring (bicyclic) bond motifs is 1. The number of β-lactam (4-membered cyclic amide) rings is 1. The minimum atomic E-state index is -1.10. The van der Waals surface area contributed by atoms with Gasteiger partial charge in [0.1, 0.15) is 5.70 Å². The molecule has 0 unspecified atom stereocenters. The second kappa shape index (κ2) is 10.2. The average molecular weight is 511 g/mol. The highest BCUT2D eigenvalue weighted by Gasteiger charge is 2.60. The standard InChI is InChI=1S/C23H30N4O5S.ClH/c1-10-19-18(11(2)28)22(30)27(19)20(23(31)32)21(10)33-14-7-16(26-9-14)13-5-3-12(4-6-13)15(24)8-17(25)29;/h3-6,10-11,14-16,18-19,26,28H,7-9,24H2,1-2H3,(H2,25,29)(H,31,32);1H/t10-,11-,14+,15+,16-,18-,19-;/m1./s1. The lowest BCUT2D eigenvalue weighted by Gasteiger charge is -2.46. The van der Waals surface area contributed by atoms with Gasteiger partial charge < -0.3 is 31.9 Å². The molecule has 11 heteroatoms. The van der Waals surface area contributed by atoms with Crippen LogP contribution in [0.15, 0.2) is 34.9 Å². The van der Waals surface area contributed by atoms with E-state index in [0.29, 0.717) is 11.4 Å². The number of nitrogens with two attached hydrogens (primary N) is 2. The van der Waals surface area contributed by atoms with Gasteiger partial charge >= 0.3 is 5.97 Å². The van der Waals surface area contributed by atoms with Crippen LogP contribution in [0.3, 0.4) is 0 Å². The molecule has 34 heavy (non-hydrogen) atoms. The average Bonchev–Trinajstić information content (AvgIpc) is 3.30. The molecule has 0 spiro atoms. The molecule has 0 bridgehead atoms. The molecular weight excluding hydrogens is 480 g/mol. The number of carbonyl (C=O) groups is 3. The third-order valence-electron chi connectivity index (χ3n) is 6.88. The van der Waals surface area contributed by atoms with Crippen LogP contribution in [0, 0.1) is 11.8 Å². The fourth-order valence-corrected chi connectivity index (χ4v) is 6.69. The second-order valence-corrected chi connectivity index (χ2v) is 10.5. The third kappa shape index (κ3) is 4.70. The Labute approximate surface area is 208 Å². The number of carbonyl (C=O) groups excluding carboxylic acids is 2. The number of aliphatic carboxylic acids is 1. The van der Waals surface area contributed by atoms with Crippen LogP contribution in [0.2, 0.25) is 0 Å². The number of carboxylic acid groups (broad SMARTS) is 1. The summed E-state index contributed by atoms with van der Waals surface area (Å²) in [7, 11) is 0. The fourth-order valence-electron chi connectivity index (χ4n) is 5.22. The van der Waals surface area contributed by atoms with E-state index in [0.717, 1.165) is 17.5 Å². The number of benzene rings is 1. The zero-order chi connectivity index (χ0) is 24.0. The van der Waals surface area contributed by atoms with Gasteiger partial charge in [0.2, 0.25) is 11.8 Å². The highest BCUT2D eigenvalue weighted by molar-refractivity contribution is 8.03. The lowest BCUT2D eigenvalue weighted by Crippen LogP contribution is -2.63. The summed E-state index contributed by atoms with van der Waals surface area (Å²) in [5.41, 5.74) is 13.2. The number of thioether (sulfide) groups is 1.